The summed E-state index contributed by atoms with van der Waals surface area (Å²) in [6, 6.07) is -4.30. The SMILES string of the molecule is CCOC(C)N[C@@H](CCCCNC(=O)[C@H](CCCCNC(=O)COCCOCCNC(=O)COCCOCCNC(=O)CC[C@H](NC(=O)[C@H]1CC[C@H](CNC(=O)CCCCCCCCCCCCCCCCCCC(=O)O)CC1)C(=O)O)NC(=O)COCCOCCNC(=O)COCCOCCNC(=O)CC[C@H](NC(=O)[C@H]1CC[C@H](CNC(=O)CCCCCCCCCCCCCCCCCCC(=O)O)CC1)C(=O)O)C(=O)O. The molecule has 2 fully saturated rings. The Labute approximate surface area is 878 Å². The van der Waals surface area contributed by atoms with Gasteiger partial charge in [0, 0.05) is 109 Å². The Bertz CT molecular complexity index is 3560. The lowest BCUT2D eigenvalue weighted by molar-refractivity contribution is -0.143. The number of carbonyl (C=O) groups is 16. The molecule has 42 heteroatoms. The number of rotatable bonds is 103. The van der Waals surface area contributed by atoms with Crippen LogP contribution in [0.4, 0.5) is 0 Å². The van der Waals surface area contributed by atoms with Gasteiger partial charge in [-0.05, 0) is 154 Å². The number of unbranched alkanes of at least 4 members (excludes halogenated alkanes) is 32. The average Bonchev–Trinajstić information content (AvgIpc) is 0.870. The van der Waals surface area contributed by atoms with Crippen LogP contribution in [-0.2, 0) is 119 Å². The Morgan fingerprint density at radius 1 is 0.250 bits per heavy atom. The number of carbonyl (C=O) groups excluding carboxylic acids is 11. The third-order valence-electron chi connectivity index (χ3n) is 26.2. The largest absolute Gasteiger partial charge is 0.481 e. The summed E-state index contributed by atoms with van der Waals surface area (Å²) in [4.78, 5) is 197. The molecule has 2 aliphatic rings. The molecule has 0 aromatic rings. The van der Waals surface area contributed by atoms with Gasteiger partial charge in [-0.25, -0.2) is 9.59 Å². The van der Waals surface area contributed by atoms with E-state index in [2.05, 4.69) is 63.8 Å². The Morgan fingerprint density at radius 3 is 0.831 bits per heavy atom. The summed E-state index contributed by atoms with van der Waals surface area (Å²) < 4.78 is 49.1. The van der Waals surface area contributed by atoms with Crippen molar-refractivity contribution in [1.82, 2.24) is 63.8 Å². The van der Waals surface area contributed by atoms with Crippen molar-refractivity contribution >= 4 is 94.8 Å². The molecule has 5 atom stereocenters. The van der Waals surface area contributed by atoms with Gasteiger partial charge in [-0.2, -0.15) is 0 Å². The molecule has 17 N–H and O–H groups in total. The second kappa shape index (κ2) is 94.1. The Hall–Kier alpha value is -8.88. The second-order valence-corrected chi connectivity index (χ2v) is 39.0. The fraction of sp³-hybridized carbons (Fsp3) is 0.849. The second-order valence-electron chi connectivity index (χ2n) is 39.0. The molecule has 148 heavy (non-hydrogen) atoms. The van der Waals surface area contributed by atoms with Crippen molar-refractivity contribution in [2.24, 2.45) is 23.7 Å². The zero-order valence-electron chi connectivity index (χ0n) is 89.5. The maximum Gasteiger partial charge on any atom is 0.326 e. The first kappa shape index (κ1) is 135. The molecular formula is C106H190N12O30. The van der Waals surface area contributed by atoms with Crippen molar-refractivity contribution in [2.75, 3.05) is 165 Å². The first-order chi connectivity index (χ1) is 71.6. The quantitative estimate of drug-likeness (QED) is 0.0199. The number of nitrogens with one attached hydrogen (secondary N) is 12. The highest BCUT2D eigenvalue weighted by molar-refractivity contribution is 5.89. The van der Waals surface area contributed by atoms with Crippen molar-refractivity contribution < 1.29 is 145 Å². The van der Waals surface area contributed by atoms with E-state index < -0.39 is 96.4 Å². The van der Waals surface area contributed by atoms with Crippen LogP contribution in [0.5, 0.6) is 0 Å². The van der Waals surface area contributed by atoms with Gasteiger partial charge in [-0.1, -0.05) is 180 Å². The van der Waals surface area contributed by atoms with E-state index in [0.29, 0.717) is 83.9 Å². The fourth-order valence-electron chi connectivity index (χ4n) is 17.5. The van der Waals surface area contributed by atoms with Gasteiger partial charge in [0.2, 0.25) is 65.0 Å². The topological polar surface area (TPSA) is 602 Å². The van der Waals surface area contributed by atoms with Gasteiger partial charge in [0.25, 0.3) is 0 Å². The normalized spacial score (nSPS) is 15.5. The van der Waals surface area contributed by atoms with Crippen LogP contribution in [0.15, 0.2) is 0 Å². The van der Waals surface area contributed by atoms with E-state index in [4.69, 9.17) is 52.8 Å². The van der Waals surface area contributed by atoms with Gasteiger partial charge in [-0.15, -0.1) is 0 Å². The minimum atomic E-state index is -1.24. The first-order valence-electron chi connectivity index (χ1n) is 55.8. The van der Waals surface area contributed by atoms with Crippen LogP contribution in [-0.4, -0.2) is 315 Å². The molecule has 2 aliphatic carbocycles. The van der Waals surface area contributed by atoms with Crippen molar-refractivity contribution in [2.45, 2.75) is 391 Å². The molecule has 0 aliphatic heterocycles. The van der Waals surface area contributed by atoms with Crippen LogP contribution >= 0.6 is 0 Å². The van der Waals surface area contributed by atoms with Crippen LogP contribution in [0.2, 0.25) is 0 Å². The lowest BCUT2D eigenvalue weighted by Crippen LogP contribution is -2.48. The number of hydrogen-bond donors (Lipinski definition) is 17. The monoisotopic (exact) mass is 2110 g/mol. The summed E-state index contributed by atoms with van der Waals surface area (Å²) in [5.41, 5.74) is 0. The number of hydrogen-bond acceptors (Lipinski definition) is 26. The zero-order valence-corrected chi connectivity index (χ0v) is 89.5. The lowest BCUT2D eigenvalue weighted by atomic mass is 9.81. The summed E-state index contributed by atoms with van der Waals surface area (Å²) >= 11 is 0. The summed E-state index contributed by atoms with van der Waals surface area (Å²) in [6.07, 6.45) is 45.0. The van der Waals surface area contributed by atoms with Gasteiger partial charge in [0.1, 0.15) is 56.8 Å². The number of amides is 11. The predicted molar refractivity (Wildman–Crippen MR) is 556 cm³/mol. The summed E-state index contributed by atoms with van der Waals surface area (Å²) in [7, 11) is 0. The Morgan fingerprint density at radius 2 is 0.520 bits per heavy atom. The molecule has 42 nitrogen and oxygen atoms in total. The third-order valence-corrected chi connectivity index (χ3v) is 26.2. The molecule has 2 rings (SSSR count). The lowest BCUT2D eigenvalue weighted by Gasteiger charge is -2.28. The van der Waals surface area contributed by atoms with E-state index in [1.165, 1.54) is 128 Å². The highest BCUT2D eigenvalue weighted by Gasteiger charge is 2.33. The number of ether oxygens (including phenoxy) is 9. The molecule has 1 unspecified atom stereocenters. The van der Waals surface area contributed by atoms with E-state index in [9.17, 15) is 92.0 Å². The van der Waals surface area contributed by atoms with Crippen molar-refractivity contribution in [3.8, 4) is 0 Å². The molecule has 0 aromatic carbocycles. The Balaban J connectivity index is 1.51. The number of carboxylic acids is 5. The van der Waals surface area contributed by atoms with Gasteiger partial charge < -0.3 is 127 Å². The van der Waals surface area contributed by atoms with Gasteiger partial charge in [-0.3, -0.25) is 72.4 Å². The summed E-state index contributed by atoms with van der Waals surface area (Å²) in [5.74, 6) is -8.78. The minimum Gasteiger partial charge on any atom is -0.481 e. The van der Waals surface area contributed by atoms with E-state index in [1.54, 1.807) is 13.8 Å². The van der Waals surface area contributed by atoms with Crippen molar-refractivity contribution in [1.29, 1.82) is 0 Å². The van der Waals surface area contributed by atoms with Crippen LogP contribution in [0, 0.1) is 23.7 Å². The van der Waals surface area contributed by atoms with E-state index >= 15 is 0 Å². The molecule has 0 radical (unpaired) electrons. The van der Waals surface area contributed by atoms with Crippen LogP contribution in [0.25, 0.3) is 0 Å². The summed E-state index contributed by atoms with van der Waals surface area (Å²) in [5, 5.41) is 80.1. The zero-order chi connectivity index (χ0) is 108. The van der Waals surface area contributed by atoms with Gasteiger partial charge in [0.15, 0.2) is 0 Å². The maximum atomic E-state index is 13.5. The molecule has 0 saturated heterocycles. The summed E-state index contributed by atoms with van der Waals surface area (Å²) in [6.45, 7) is 6.22. The molecule has 0 heterocycles. The van der Waals surface area contributed by atoms with E-state index in [-0.39, 0.29) is 249 Å². The average molecular weight is 2110 g/mol. The molecule has 0 aromatic heterocycles. The minimum absolute atomic E-state index is 0.0118. The third kappa shape index (κ3) is 81.9. The highest BCUT2D eigenvalue weighted by Crippen LogP contribution is 2.31. The van der Waals surface area contributed by atoms with E-state index in [1.807, 2.05) is 0 Å². The first-order valence-corrected chi connectivity index (χ1v) is 55.8. The smallest absolute Gasteiger partial charge is 0.326 e. The molecule has 854 valence electrons. The molecule has 0 bridgehead atoms. The van der Waals surface area contributed by atoms with Crippen LogP contribution in [0.1, 0.15) is 361 Å². The van der Waals surface area contributed by atoms with Gasteiger partial charge in [0.05, 0.1) is 79.3 Å². The maximum absolute atomic E-state index is 13.5. The van der Waals surface area contributed by atoms with Crippen molar-refractivity contribution in [3.05, 3.63) is 0 Å². The number of carboxylic acid groups (broad SMARTS) is 5. The Kier molecular flexibility index (Phi) is 86.0. The van der Waals surface area contributed by atoms with Crippen LogP contribution < -0.4 is 63.8 Å². The number of aliphatic carboxylic acids is 5. The molecule has 2 saturated carbocycles. The van der Waals surface area contributed by atoms with Gasteiger partial charge >= 0.3 is 29.8 Å². The molecule has 0 spiro atoms. The fourth-order valence-corrected chi connectivity index (χ4v) is 17.5. The highest BCUT2D eigenvalue weighted by atomic mass is 16.5. The van der Waals surface area contributed by atoms with Crippen LogP contribution in [0.3, 0.4) is 0 Å². The molecular weight excluding hydrogens is 1920 g/mol. The predicted octanol–water partition coefficient (Wildman–Crippen LogP) is 9.82. The standard InChI is InChI=1S/C106H190N12O30/c1-3-148-82(2)115-88(104(134)135)41-37-39-59-112-103(133)87(116-98(126)81-147-75-71-143-67-63-111-97(125)80-146-74-69-141-65-61-109-94(122)57-55-90(106(138)139)118-102(132)86-52-48-84(49-53-86)77-114-92(120)43-33-29-25-21-17-13-9-5-7-11-15-19-23-27-31-35-45-100(129)130)40-36-38-58-107-95(123)78-144-72-70-142-66-62-110-96(124)79-145-73-68-140-64-60-108-93(121)56-54-89(105(136)137)117-101(131)85-50-46-83(47-51-85)76-113-91(119)42-32-28-24-20-16-12-8-4-6-10-14-18-22-26-30-34-44-99(127)128/h82-90,115H,3-81H2,1-2H3,(H,107,123)(H,108,121)(H,109,122)(H,110,124)(H,111,125)(H,112,133)(H,113,119)(H,114,120)(H,116,126)(H,117,131)(H,118,132)(H,127,128)(H,129,130)(H,134,135)(H,136,137)(H,138,139)/t82?,83-,84-,85-,86-,87-,88-,89-,90-/m0/s1. The van der Waals surface area contributed by atoms with Crippen molar-refractivity contribution in [3.63, 3.8) is 0 Å². The molecule has 11 amide bonds. The van der Waals surface area contributed by atoms with E-state index in [0.717, 1.165) is 103 Å².